The molecule has 0 aliphatic heterocycles. The van der Waals surface area contributed by atoms with Gasteiger partial charge in [0.05, 0.1) is 23.7 Å². The van der Waals surface area contributed by atoms with Gasteiger partial charge in [0, 0.05) is 7.11 Å². The van der Waals surface area contributed by atoms with Gasteiger partial charge < -0.3 is 19.7 Å². The van der Waals surface area contributed by atoms with Gasteiger partial charge in [0.2, 0.25) is 0 Å². The Morgan fingerprint density at radius 3 is 1.84 bits per heavy atom. The molecular weight excluding hydrogens is 244 g/mol. The van der Waals surface area contributed by atoms with E-state index < -0.39 is 24.4 Å². The minimum absolute atomic E-state index is 0.0428. The first-order valence-corrected chi connectivity index (χ1v) is 7.17. The SMILES string of the molecule is COC(OC(C)(C)C)C1C(O)C(C)C(C(C)C)C1O. The fourth-order valence-corrected chi connectivity index (χ4v) is 3.30. The number of hydrogen-bond acceptors (Lipinski definition) is 4. The summed E-state index contributed by atoms with van der Waals surface area (Å²) in [7, 11) is 1.56. The smallest absolute Gasteiger partial charge is 0.165 e. The standard InChI is InChI=1S/C15H30O4/c1-8(2)10-9(3)12(16)11(13(10)17)14(18-7)19-15(4,5)6/h8-14,16-17H,1-7H3. The fraction of sp³-hybridized carbons (Fsp3) is 1.00. The highest BCUT2D eigenvalue weighted by atomic mass is 16.7. The minimum Gasteiger partial charge on any atom is -0.392 e. The summed E-state index contributed by atoms with van der Waals surface area (Å²) in [6.45, 7) is 12.0. The van der Waals surface area contributed by atoms with Crippen molar-refractivity contribution in [3.05, 3.63) is 0 Å². The van der Waals surface area contributed by atoms with Crippen LogP contribution < -0.4 is 0 Å². The molecule has 0 spiro atoms. The molecule has 6 atom stereocenters. The molecule has 0 heterocycles. The third-order valence-electron chi connectivity index (χ3n) is 4.11. The van der Waals surface area contributed by atoms with Crippen LogP contribution in [0.5, 0.6) is 0 Å². The molecule has 0 aromatic heterocycles. The second-order valence-electron chi connectivity index (χ2n) is 7.07. The zero-order chi connectivity index (χ0) is 15.0. The molecule has 0 amide bonds. The van der Waals surface area contributed by atoms with E-state index in [0.29, 0.717) is 5.92 Å². The molecule has 19 heavy (non-hydrogen) atoms. The molecule has 0 aromatic carbocycles. The van der Waals surface area contributed by atoms with Crippen LogP contribution in [-0.2, 0) is 9.47 Å². The molecule has 4 nitrogen and oxygen atoms in total. The Morgan fingerprint density at radius 2 is 1.53 bits per heavy atom. The fourth-order valence-electron chi connectivity index (χ4n) is 3.30. The van der Waals surface area contributed by atoms with Gasteiger partial charge in [-0.3, -0.25) is 0 Å². The summed E-state index contributed by atoms with van der Waals surface area (Å²) in [4.78, 5) is 0. The van der Waals surface area contributed by atoms with Crippen molar-refractivity contribution < 1.29 is 19.7 Å². The third-order valence-corrected chi connectivity index (χ3v) is 4.11. The van der Waals surface area contributed by atoms with Crippen LogP contribution in [-0.4, -0.2) is 41.4 Å². The highest BCUT2D eigenvalue weighted by Gasteiger charge is 2.52. The highest BCUT2D eigenvalue weighted by Crippen LogP contribution is 2.43. The van der Waals surface area contributed by atoms with E-state index in [0.717, 1.165) is 0 Å². The van der Waals surface area contributed by atoms with Crippen molar-refractivity contribution in [1.82, 2.24) is 0 Å². The van der Waals surface area contributed by atoms with Gasteiger partial charge in [-0.1, -0.05) is 20.8 Å². The van der Waals surface area contributed by atoms with Crippen molar-refractivity contribution in [3.8, 4) is 0 Å². The lowest BCUT2D eigenvalue weighted by atomic mass is 9.85. The molecule has 0 bridgehead atoms. The van der Waals surface area contributed by atoms with E-state index in [1.165, 1.54) is 0 Å². The van der Waals surface area contributed by atoms with Gasteiger partial charge in [-0.05, 0) is 38.5 Å². The Hall–Kier alpha value is -0.160. The Balaban J connectivity index is 2.92. The van der Waals surface area contributed by atoms with Crippen LogP contribution in [0.3, 0.4) is 0 Å². The Kier molecular flexibility index (Phi) is 5.41. The second-order valence-corrected chi connectivity index (χ2v) is 7.07. The van der Waals surface area contributed by atoms with E-state index in [1.54, 1.807) is 7.11 Å². The van der Waals surface area contributed by atoms with Gasteiger partial charge >= 0.3 is 0 Å². The van der Waals surface area contributed by atoms with E-state index in [-0.39, 0.29) is 17.4 Å². The lowest BCUT2D eigenvalue weighted by molar-refractivity contribution is -0.231. The number of ether oxygens (including phenoxy) is 2. The van der Waals surface area contributed by atoms with E-state index in [9.17, 15) is 10.2 Å². The minimum atomic E-state index is -0.602. The maximum atomic E-state index is 10.5. The molecule has 1 saturated carbocycles. The molecule has 4 heteroatoms. The Bertz CT molecular complexity index is 284. The zero-order valence-electron chi connectivity index (χ0n) is 13.3. The van der Waals surface area contributed by atoms with Gasteiger partial charge in [-0.25, -0.2) is 0 Å². The van der Waals surface area contributed by atoms with Crippen LogP contribution in [0.15, 0.2) is 0 Å². The van der Waals surface area contributed by atoms with Gasteiger partial charge in [0.1, 0.15) is 0 Å². The first-order valence-electron chi connectivity index (χ1n) is 7.17. The van der Waals surface area contributed by atoms with E-state index in [2.05, 4.69) is 13.8 Å². The molecule has 1 fully saturated rings. The van der Waals surface area contributed by atoms with E-state index in [1.807, 2.05) is 27.7 Å². The first kappa shape index (κ1) is 16.9. The predicted molar refractivity (Wildman–Crippen MR) is 74.6 cm³/mol. The maximum absolute atomic E-state index is 10.5. The van der Waals surface area contributed by atoms with Crippen molar-refractivity contribution in [1.29, 1.82) is 0 Å². The van der Waals surface area contributed by atoms with Crippen LogP contribution in [0.2, 0.25) is 0 Å². The predicted octanol–water partition coefficient (Wildman–Crippen LogP) is 2.03. The third kappa shape index (κ3) is 3.69. The monoisotopic (exact) mass is 274 g/mol. The summed E-state index contributed by atoms with van der Waals surface area (Å²) < 4.78 is 11.2. The number of aliphatic hydroxyl groups is 2. The Morgan fingerprint density at radius 1 is 1.00 bits per heavy atom. The van der Waals surface area contributed by atoms with Crippen LogP contribution in [0.25, 0.3) is 0 Å². The molecule has 6 unspecified atom stereocenters. The van der Waals surface area contributed by atoms with Crippen molar-refractivity contribution in [2.45, 2.75) is 65.6 Å². The van der Waals surface area contributed by atoms with Gasteiger partial charge in [0.25, 0.3) is 0 Å². The van der Waals surface area contributed by atoms with E-state index in [4.69, 9.17) is 9.47 Å². The molecule has 1 aliphatic rings. The highest BCUT2D eigenvalue weighted by molar-refractivity contribution is 4.98. The topological polar surface area (TPSA) is 58.9 Å². The summed E-state index contributed by atoms with van der Waals surface area (Å²) in [5.74, 6) is 0.0332. The zero-order valence-corrected chi connectivity index (χ0v) is 13.3. The molecule has 114 valence electrons. The first-order chi connectivity index (χ1) is 8.60. The number of hydrogen-bond donors (Lipinski definition) is 2. The number of aliphatic hydroxyl groups excluding tert-OH is 2. The van der Waals surface area contributed by atoms with Crippen LogP contribution in [0.1, 0.15) is 41.5 Å². The summed E-state index contributed by atoms with van der Waals surface area (Å²) in [5.41, 5.74) is -0.376. The molecular formula is C15H30O4. The van der Waals surface area contributed by atoms with E-state index >= 15 is 0 Å². The van der Waals surface area contributed by atoms with Crippen molar-refractivity contribution in [2.24, 2.45) is 23.7 Å². The molecule has 1 rings (SSSR count). The number of rotatable bonds is 4. The average Bonchev–Trinajstić information content (AvgIpc) is 2.46. The van der Waals surface area contributed by atoms with Gasteiger partial charge in [-0.2, -0.15) is 0 Å². The van der Waals surface area contributed by atoms with Gasteiger partial charge in [0.15, 0.2) is 6.29 Å². The lowest BCUT2D eigenvalue weighted by Crippen LogP contribution is -2.43. The van der Waals surface area contributed by atoms with Crippen molar-refractivity contribution >= 4 is 0 Å². The number of methoxy groups -OCH3 is 1. The summed E-state index contributed by atoms with van der Waals surface area (Å²) in [5, 5.41) is 21.0. The van der Waals surface area contributed by atoms with Crippen LogP contribution in [0, 0.1) is 23.7 Å². The maximum Gasteiger partial charge on any atom is 0.165 e. The normalized spacial score (nSPS) is 37.9. The average molecular weight is 274 g/mol. The molecule has 0 saturated heterocycles. The largest absolute Gasteiger partial charge is 0.392 e. The summed E-state index contributed by atoms with van der Waals surface area (Å²) >= 11 is 0. The van der Waals surface area contributed by atoms with Gasteiger partial charge in [-0.15, -0.1) is 0 Å². The van der Waals surface area contributed by atoms with Crippen LogP contribution >= 0.6 is 0 Å². The van der Waals surface area contributed by atoms with Crippen LogP contribution in [0.4, 0.5) is 0 Å². The van der Waals surface area contributed by atoms with Crippen molar-refractivity contribution in [3.63, 3.8) is 0 Å². The summed E-state index contributed by atoms with van der Waals surface area (Å²) in [6.07, 6.45) is -1.79. The molecule has 2 N–H and O–H groups in total. The second kappa shape index (κ2) is 6.08. The quantitative estimate of drug-likeness (QED) is 0.770. The molecule has 1 aliphatic carbocycles. The molecule has 0 radical (unpaired) electrons. The van der Waals surface area contributed by atoms with Crippen molar-refractivity contribution in [2.75, 3.05) is 7.11 Å². The Labute approximate surface area is 117 Å². The lowest BCUT2D eigenvalue weighted by Gasteiger charge is -2.33. The molecule has 0 aromatic rings. The summed E-state index contributed by atoms with van der Waals surface area (Å²) in [6, 6.07) is 0.